The van der Waals surface area contributed by atoms with E-state index in [4.69, 9.17) is 4.74 Å². The van der Waals surface area contributed by atoms with Crippen LogP contribution in [0, 0.1) is 6.92 Å². The molecule has 24 heavy (non-hydrogen) atoms. The third-order valence-corrected chi connectivity index (χ3v) is 3.44. The number of benzene rings is 1. The second kappa shape index (κ2) is 8.10. The summed E-state index contributed by atoms with van der Waals surface area (Å²) in [5, 5.41) is 5.55. The van der Waals surface area contributed by atoms with Gasteiger partial charge in [-0.05, 0) is 36.8 Å². The molecule has 0 spiro atoms. The van der Waals surface area contributed by atoms with Gasteiger partial charge in [0, 0.05) is 12.6 Å². The Morgan fingerprint density at radius 2 is 1.88 bits per heavy atom. The number of rotatable bonds is 6. The fraction of sp³-hybridized carbons (Fsp3) is 0.278. The highest BCUT2D eigenvalue weighted by atomic mass is 16.5. The fourth-order valence-electron chi connectivity index (χ4n) is 2.33. The topological polar surface area (TPSA) is 80.3 Å². The number of carbonyl (C=O) groups is 2. The van der Waals surface area contributed by atoms with Crippen molar-refractivity contribution in [2.45, 2.75) is 26.3 Å². The minimum absolute atomic E-state index is 0.113. The lowest BCUT2D eigenvalue weighted by Gasteiger charge is -2.18. The van der Waals surface area contributed by atoms with Gasteiger partial charge in [0.1, 0.15) is 11.6 Å². The Balaban J connectivity index is 2.09. The van der Waals surface area contributed by atoms with Gasteiger partial charge >= 0.3 is 0 Å². The number of pyridine rings is 1. The predicted molar refractivity (Wildman–Crippen MR) is 91.8 cm³/mol. The first-order valence-corrected chi connectivity index (χ1v) is 7.62. The van der Waals surface area contributed by atoms with Crippen molar-refractivity contribution in [2.24, 2.45) is 0 Å². The average molecular weight is 327 g/mol. The van der Waals surface area contributed by atoms with Crippen LogP contribution in [0.4, 0.5) is 5.82 Å². The van der Waals surface area contributed by atoms with Crippen LogP contribution in [0.5, 0.6) is 5.75 Å². The molecule has 0 aliphatic rings. The van der Waals surface area contributed by atoms with Crippen molar-refractivity contribution < 1.29 is 14.3 Å². The van der Waals surface area contributed by atoms with Crippen LogP contribution in [0.25, 0.3) is 0 Å². The van der Waals surface area contributed by atoms with Crippen LogP contribution in [0.3, 0.4) is 0 Å². The van der Waals surface area contributed by atoms with Gasteiger partial charge in [-0.2, -0.15) is 0 Å². The monoisotopic (exact) mass is 327 g/mol. The minimum atomic E-state index is -0.418. The van der Waals surface area contributed by atoms with E-state index in [2.05, 4.69) is 15.6 Å². The molecule has 0 saturated heterocycles. The molecule has 6 nitrogen and oxygen atoms in total. The number of ether oxygens (including phenoxy) is 1. The molecular formula is C18H21N3O3. The molecule has 6 heteroatoms. The van der Waals surface area contributed by atoms with Crippen LogP contribution in [-0.4, -0.2) is 23.9 Å². The number of amides is 2. The average Bonchev–Trinajstić information content (AvgIpc) is 2.54. The summed E-state index contributed by atoms with van der Waals surface area (Å²) >= 11 is 0. The van der Waals surface area contributed by atoms with Crippen molar-refractivity contribution in [3.63, 3.8) is 0 Å². The Labute approximate surface area is 141 Å². The number of nitrogens with zero attached hydrogens (tertiary/aromatic N) is 1. The third-order valence-electron chi connectivity index (χ3n) is 3.44. The number of aryl methyl sites for hydroxylation is 1. The van der Waals surface area contributed by atoms with E-state index >= 15 is 0 Å². The van der Waals surface area contributed by atoms with E-state index < -0.39 is 6.04 Å². The van der Waals surface area contributed by atoms with Crippen molar-refractivity contribution in [1.82, 2.24) is 10.3 Å². The molecule has 126 valence electrons. The van der Waals surface area contributed by atoms with Crippen LogP contribution in [0.15, 0.2) is 42.5 Å². The summed E-state index contributed by atoms with van der Waals surface area (Å²) in [7, 11) is 1.59. The predicted octanol–water partition coefficient (Wildman–Crippen LogP) is 2.60. The highest BCUT2D eigenvalue weighted by Crippen LogP contribution is 2.21. The normalized spacial score (nSPS) is 11.5. The number of hydrogen-bond donors (Lipinski definition) is 2. The number of hydrogen-bond acceptors (Lipinski definition) is 4. The maximum Gasteiger partial charge on any atom is 0.227 e. The lowest BCUT2D eigenvalue weighted by atomic mass is 10.0. The van der Waals surface area contributed by atoms with Crippen LogP contribution < -0.4 is 15.4 Å². The van der Waals surface area contributed by atoms with Gasteiger partial charge in [-0.25, -0.2) is 4.98 Å². The zero-order valence-corrected chi connectivity index (χ0v) is 14.0. The second-order valence-electron chi connectivity index (χ2n) is 5.44. The summed E-state index contributed by atoms with van der Waals surface area (Å²) in [6.45, 7) is 3.28. The van der Waals surface area contributed by atoms with E-state index in [-0.39, 0.29) is 18.2 Å². The molecule has 0 radical (unpaired) electrons. The molecule has 1 aromatic carbocycles. The van der Waals surface area contributed by atoms with Gasteiger partial charge in [0.25, 0.3) is 0 Å². The van der Waals surface area contributed by atoms with Gasteiger partial charge in [0.05, 0.1) is 19.6 Å². The summed E-state index contributed by atoms with van der Waals surface area (Å²) in [6.07, 6.45) is 0.113. The van der Waals surface area contributed by atoms with E-state index in [1.165, 1.54) is 6.92 Å². The van der Waals surface area contributed by atoms with Gasteiger partial charge in [-0.15, -0.1) is 0 Å². The van der Waals surface area contributed by atoms with Gasteiger partial charge in [0.15, 0.2) is 0 Å². The molecule has 0 aliphatic heterocycles. The SMILES string of the molecule is COc1ccc(C(CC(=O)Nc2cccc(C)n2)NC(C)=O)cc1. The zero-order valence-electron chi connectivity index (χ0n) is 14.0. The molecule has 2 N–H and O–H groups in total. The molecule has 1 atom stereocenters. The van der Waals surface area contributed by atoms with E-state index in [1.807, 2.05) is 31.2 Å². The Morgan fingerprint density at radius 3 is 2.46 bits per heavy atom. The van der Waals surface area contributed by atoms with Crippen LogP contribution in [-0.2, 0) is 9.59 Å². The van der Waals surface area contributed by atoms with E-state index in [0.717, 1.165) is 11.3 Å². The van der Waals surface area contributed by atoms with Crippen molar-refractivity contribution in [3.05, 3.63) is 53.7 Å². The quantitative estimate of drug-likeness (QED) is 0.854. The second-order valence-corrected chi connectivity index (χ2v) is 5.44. The number of aromatic nitrogens is 1. The molecule has 1 heterocycles. The Bertz CT molecular complexity index is 714. The fourth-order valence-corrected chi connectivity index (χ4v) is 2.33. The summed E-state index contributed by atoms with van der Waals surface area (Å²) in [6, 6.07) is 12.2. The standard InChI is InChI=1S/C18H21N3O3/c1-12-5-4-6-17(19-12)21-18(23)11-16(20-13(2)22)14-7-9-15(24-3)10-8-14/h4-10,16H,11H2,1-3H3,(H,20,22)(H,19,21,23). The molecule has 0 aliphatic carbocycles. The van der Waals surface area contributed by atoms with E-state index in [1.54, 1.807) is 25.3 Å². The van der Waals surface area contributed by atoms with Crippen LogP contribution in [0.1, 0.15) is 30.6 Å². The molecule has 0 bridgehead atoms. The lowest BCUT2D eigenvalue weighted by Crippen LogP contribution is -2.29. The Hall–Kier alpha value is -2.89. The van der Waals surface area contributed by atoms with Crippen molar-refractivity contribution in [3.8, 4) is 5.75 Å². The van der Waals surface area contributed by atoms with Crippen molar-refractivity contribution >= 4 is 17.6 Å². The first-order chi connectivity index (χ1) is 11.5. The van der Waals surface area contributed by atoms with Crippen LogP contribution in [0.2, 0.25) is 0 Å². The summed E-state index contributed by atoms with van der Waals surface area (Å²) in [5.41, 5.74) is 1.65. The van der Waals surface area contributed by atoms with Crippen molar-refractivity contribution in [2.75, 3.05) is 12.4 Å². The van der Waals surface area contributed by atoms with Gasteiger partial charge in [0.2, 0.25) is 11.8 Å². The molecule has 1 unspecified atom stereocenters. The third kappa shape index (κ3) is 5.08. The number of methoxy groups -OCH3 is 1. The first kappa shape index (κ1) is 17.5. The molecule has 2 aromatic rings. The summed E-state index contributed by atoms with van der Waals surface area (Å²) in [5.74, 6) is 0.796. The number of carbonyl (C=O) groups excluding carboxylic acids is 2. The van der Waals surface area contributed by atoms with Crippen LogP contribution >= 0.6 is 0 Å². The van der Waals surface area contributed by atoms with E-state index in [9.17, 15) is 9.59 Å². The molecule has 0 fully saturated rings. The Kier molecular flexibility index (Phi) is 5.89. The maximum absolute atomic E-state index is 12.3. The molecule has 2 amide bonds. The summed E-state index contributed by atoms with van der Waals surface area (Å²) in [4.78, 5) is 28.0. The molecule has 0 saturated carbocycles. The van der Waals surface area contributed by atoms with Gasteiger partial charge in [-0.3, -0.25) is 9.59 Å². The van der Waals surface area contributed by atoms with E-state index in [0.29, 0.717) is 11.6 Å². The van der Waals surface area contributed by atoms with Gasteiger partial charge in [-0.1, -0.05) is 18.2 Å². The first-order valence-electron chi connectivity index (χ1n) is 7.62. The smallest absolute Gasteiger partial charge is 0.227 e. The number of nitrogens with one attached hydrogen (secondary N) is 2. The molecule has 2 rings (SSSR count). The Morgan fingerprint density at radius 1 is 1.17 bits per heavy atom. The molecule has 1 aromatic heterocycles. The largest absolute Gasteiger partial charge is 0.497 e. The lowest BCUT2D eigenvalue weighted by molar-refractivity contribution is -0.120. The number of anilines is 1. The molecular weight excluding hydrogens is 306 g/mol. The zero-order chi connectivity index (χ0) is 17.5. The summed E-state index contributed by atoms with van der Waals surface area (Å²) < 4.78 is 5.13. The highest BCUT2D eigenvalue weighted by molar-refractivity contribution is 5.90. The highest BCUT2D eigenvalue weighted by Gasteiger charge is 2.17. The van der Waals surface area contributed by atoms with Crippen molar-refractivity contribution in [1.29, 1.82) is 0 Å². The maximum atomic E-state index is 12.3. The van der Waals surface area contributed by atoms with Gasteiger partial charge < -0.3 is 15.4 Å². The minimum Gasteiger partial charge on any atom is -0.497 e.